The number of hydrogen-bond donors (Lipinski definition) is 4. The number of benzene rings is 8. The summed E-state index contributed by atoms with van der Waals surface area (Å²) in [6.07, 6.45) is 0. The van der Waals surface area contributed by atoms with Crippen molar-refractivity contribution in [2.75, 3.05) is 18.5 Å². The van der Waals surface area contributed by atoms with Crippen LogP contribution in [-0.4, -0.2) is 105 Å². The number of aliphatic imine (C=N–C) groups is 1. The summed E-state index contributed by atoms with van der Waals surface area (Å²) in [5, 5.41) is 58.0. The summed E-state index contributed by atoms with van der Waals surface area (Å²) in [4.78, 5) is 16.1. The molecule has 75 heavy (non-hydrogen) atoms. The monoisotopic (exact) mass is 1210 g/mol. The number of carbonyl (C=O) groups excluding carboxylic acids is 1. The molecule has 380 valence electrons. The molecule has 0 radical (unpaired) electrons. The number of halogens is 2. The molecule has 4 N–H and O–H groups in total. The molecular formula is C52H42BaCl2N6O12S2. The van der Waals surface area contributed by atoms with E-state index < -0.39 is 53.3 Å². The fourth-order valence-corrected chi connectivity index (χ4v) is 9.52. The molecule has 0 bridgehead atoms. The van der Waals surface area contributed by atoms with Gasteiger partial charge in [-0.1, -0.05) is 102 Å². The van der Waals surface area contributed by atoms with Crippen molar-refractivity contribution in [1.82, 2.24) is 0 Å². The summed E-state index contributed by atoms with van der Waals surface area (Å²) in [5.74, 6) is -1.39. The summed E-state index contributed by atoms with van der Waals surface area (Å²) < 4.78 is 76.4. The average Bonchev–Trinajstić information content (AvgIpc) is 3.34. The van der Waals surface area contributed by atoms with Crippen molar-refractivity contribution in [3.63, 3.8) is 0 Å². The number of aryl methyl sites for hydroxylation is 2. The normalized spacial score (nSPS) is 11.9. The molecule has 8 rings (SSSR count). The first-order valence-corrected chi connectivity index (χ1v) is 25.7. The van der Waals surface area contributed by atoms with Crippen LogP contribution in [0.2, 0.25) is 10.0 Å². The van der Waals surface area contributed by atoms with Crippen LogP contribution >= 0.6 is 23.2 Å². The van der Waals surface area contributed by atoms with Crippen molar-refractivity contribution in [1.29, 1.82) is 0 Å². The van der Waals surface area contributed by atoms with Crippen molar-refractivity contribution in [2.24, 2.45) is 25.4 Å². The molecule has 0 fully saturated rings. The van der Waals surface area contributed by atoms with Crippen LogP contribution in [-0.2, 0) is 20.2 Å². The van der Waals surface area contributed by atoms with Gasteiger partial charge in [0.15, 0.2) is 5.75 Å². The first kappa shape index (κ1) is 57.9. The van der Waals surface area contributed by atoms with Gasteiger partial charge in [-0.2, -0.15) is 21.9 Å². The van der Waals surface area contributed by atoms with Gasteiger partial charge in [-0.3, -0.25) is 18.9 Å². The predicted octanol–water partition coefficient (Wildman–Crippen LogP) is 11.8. The Kier molecular flexibility index (Phi) is 19.3. The van der Waals surface area contributed by atoms with Gasteiger partial charge < -0.3 is 30.1 Å². The van der Waals surface area contributed by atoms with Crippen LogP contribution in [0.4, 0.5) is 34.1 Å². The number of hydrogen-bond acceptors (Lipinski definition) is 15. The molecule has 0 aromatic heterocycles. The van der Waals surface area contributed by atoms with E-state index in [0.29, 0.717) is 68.8 Å². The number of phenolic OH excluding ortho intramolecular Hbond substituents is 1. The van der Waals surface area contributed by atoms with Gasteiger partial charge in [0, 0.05) is 28.6 Å². The number of nitrogens with one attached hydrogen (secondary N) is 1. The Hall–Kier alpha value is -6.41. The molecule has 8 aromatic carbocycles. The largest absolute Gasteiger partial charge is 2.00 e. The van der Waals surface area contributed by atoms with Crippen LogP contribution in [0, 0.1) is 13.8 Å². The topological polar surface area (TPSA) is 284 Å². The minimum atomic E-state index is -4.61. The number of aromatic hydroxyl groups is 1. The van der Waals surface area contributed by atoms with Crippen LogP contribution in [0.25, 0.3) is 21.5 Å². The van der Waals surface area contributed by atoms with Crippen LogP contribution in [0.5, 0.6) is 23.0 Å². The number of ether oxygens (including phenoxy) is 2. The molecule has 23 heteroatoms. The average molecular weight is 1220 g/mol. The zero-order valence-corrected chi connectivity index (χ0v) is 47.7. The van der Waals surface area contributed by atoms with E-state index >= 15 is 0 Å². The molecule has 0 aliphatic heterocycles. The molecule has 0 aliphatic rings. The summed E-state index contributed by atoms with van der Waals surface area (Å²) in [6.45, 7) is 7.83. The van der Waals surface area contributed by atoms with Gasteiger partial charge in [0.25, 0.3) is 26.1 Å². The molecular weight excluding hydrogens is 1170 g/mol. The SMILES string of the molecule is CCOc1cccc(N=C([O-])c2cc3ccccc3c(N=Nc3c(C)ccc(S(=O)(=O)O)c3Cl)c2[O-])c1.CCOc1cccc(NC(=O)c2cc3ccccc3c(N=Nc3c(C)ccc(S(=O)(=O)O)c3Cl)c2O)c1.[Ba+2]. The van der Waals surface area contributed by atoms with Gasteiger partial charge in [-0.05, 0) is 110 Å². The number of carbonyl (C=O) groups is 1. The van der Waals surface area contributed by atoms with E-state index in [1.54, 1.807) is 111 Å². The second kappa shape index (κ2) is 25.0. The third kappa shape index (κ3) is 13.7. The molecule has 0 unspecified atom stereocenters. The van der Waals surface area contributed by atoms with Gasteiger partial charge in [0.05, 0.1) is 40.2 Å². The Bertz CT molecular complexity index is 3830. The number of anilines is 1. The summed E-state index contributed by atoms with van der Waals surface area (Å²) in [6, 6.07) is 35.2. The van der Waals surface area contributed by atoms with Crippen molar-refractivity contribution < 1.29 is 55.5 Å². The number of amides is 1. The molecule has 0 spiro atoms. The minimum absolute atomic E-state index is 0. The number of rotatable bonds is 14. The Morgan fingerprint density at radius 2 is 1.08 bits per heavy atom. The van der Waals surface area contributed by atoms with E-state index in [-0.39, 0.29) is 92.8 Å². The smallest absolute Gasteiger partial charge is 0.871 e. The number of fused-ring (bicyclic) bond motifs is 2. The maximum absolute atomic E-state index is 13.4. The molecule has 1 amide bonds. The Balaban J connectivity index is 0.000000241. The molecule has 18 nitrogen and oxygen atoms in total. The first-order valence-electron chi connectivity index (χ1n) is 22.1. The molecule has 8 aromatic rings. The Morgan fingerprint density at radius 3 is 1.61 bits per heavy atom. The molecule has 0 aliphatic carbocycles. The number of nitrogens with zero attached hydrogens (tertiary/aromatic N) is 5. The second-order valence-electron chi connectivity index (χ2n) is 15.9. The maximum Gasteiger partial charge on any atom is 2.00 e. The van der Waals surface area contributed by atoms with Gasteiger partial charge in [0.2, 0.25) is 0 Å². The molecule has 0 heterocycles. The quantitative estimate of drug-likeness (QED) is 0.0260. The maximum atomic E-state index is 13.4. The Morgan fingerprint density at radius 1 is 0.613 bits per heavy atom. The summed E-state index contributed by atoms with van der Waals surface area (Å²) >= 11 is 12.4. The van der Waals surface area contributed by atoms with Gasteiger partial charge in [-0.25, -0.2) is 0 Å². The van der Waals surface area contributed by atoms with Crippen molar-refractivity contribution >= 4 is 160 Å². The third-order valence-corrected chi connectivity index (χ3v) is 13.6. The van der Waals surface area contributed by atoms with Crippen LogP contribution < -0.4 is 25.0 Å². The van der Waals surface area contributed by atoms with E-state index in [1.165, 1.54) is 24.3 Å². The van der Waals surface area contributed by atoms with E-state index in [2.05, 4.69) is 30.8 Å². The third-order valence-electron chi connectivity index (χ3n) is 10.8. The van der Waals surface area contributed by atoms with E-state index in [1.807, 2.05) is 13.8 Å². The van der Waals surface area contributed by atoms with Crippen LogP contribution in [0.1, 0.15) is 40.9 Å². The number of phenols is 1. The van der Waals surface area contributed by atoms with E-state index in [0.717, 1.165) is 12.1 Å². The molecule has 0 saturated heterocycles. The van der Waals surface area contributed by atoms with Gasteiger partial charge >= 0.3 is 48.9 Å². The zero-order chi connectivity index (χ0) is 53.5. The fraction of sp³-hybridized carbons (Fsp3) is 0.115. The fourth-order valence-electron chi connectivity index (χ4n) is 7.30. The summed E-state index contributed by atoms with van der Waals surface area (Å²) in [7, 11) is -9.21. The van der Waals surface area contributed by atoms with Gasteiger partial charge in [0.1, 0.15) is 38.4 Å². The predicted molar refractivity (Wildman–Crippen MR) is 284 cm³/mol. The summed E-state index contributed by atoms with van der Waals surface area (Å²) in [5.41, 5.74) is 1.23. The standard InChI is InChI=1S/2C26H22ClN3O6S.Ba/c2*1-3-36-18-9-6-8-17(14-18)28-26(32)20-13-16-7-4-5-10-19(16)24(25(20)31)30-29-23-15(2)11-12-21(22(23)27)37(33,34)35;/h2*4-14,31H,3H2,1-2H3,(H,28,32)(H,33,34,35);/q;;+2/p-2. The van der Waals surface area contributed by atoms with Crippen molar-refractivity contribution in [3.8, 4) is 23.0 Å². The van der Waals surface area contributed by atoms with Crippen molar-refractivity contribution in [2.45, 2.75) is 37.5 Å². The van der Waals surface area contributed by atoms with E-state index in [9.17, 15) is 46.1 Å². The van der Waals surface area contributed by atoms with E-state index in [4.69, 9.17) is 32.7 Å². The number of azo groups is 2. The zero-order valence-electron chi connectivity index (χ0n) is 40.1. The van der Waals surface area contributed by atoms with Crippen LogP contribution in [0.3, 0.4) is 0 Å². The minimum Gasteiger partial charge on any atom is -0.871 e. The van der Waals surface area contributed by atoms with Crippen molar-refractivity contribution in [3.05, 3.63) is 166 Å². The molecule has 0 saturated carbocycles. The van der Waals surface area contributed by atoms with Crippen LogP contribution in [0.15, 0.2) is 169 Å². The first-order chi connectivity index (χ1) is 35.2. The Labute approximate surface area is 481 Å². The molecule has 0 atom stereocenters. The van der Waals surface area contributed by atoms with Gasteiger partial charge in [-0.15, -0.1) is 15.3 Å². The second-order valence-corrected chi connectivity index (χ2v) is 19.4.